The van der Waals surface area contributed by atoms with E-state index in [1.165, 1.54) is 0 Å². The van der Waals surface area contributed by atoms with Gasteiger partial charge in [-0.2, -0.15) is 0 Å². The van der Waals surface area contributed by atoms with Crippen LogP contribution in [0, 0.1) is 0 Å². The van der Waals surface area contributed by atoms with Gasteiger partial charge in [-0.1, -0.05) is 48.0 Å². The summed E-state index contributed by atoms with van der Waals surface area (Å²) in [6.07, 6.45) is 1.83. The van der Waals surface area contributed by atoms with Crippen molar-refractivity contribution < 1.29 is 4.79 Å². The number of aliphatic imine (C=N–C) groups is 2. The van der Waals surface area contributed by atoms with Crippen molar-refractivity contribution in [2.75, 3.05) is 0 Å². The Morgan fingerprint density at radius 1 is 1.08 bits per heavy atom. The van der Waals surface area contributed by atoms with Crippen LogP contribution in [0.4, 0.5) is 0 Å². The summed E-state index contributed by atoms with van der Waals surface area (Å²) in [4.78, 5) is 21.6. The second-order valence-electron chi connectivity index (χ2n) is 5.72. The number of amides is 1. The second-order valence-corrected chi connectivity index (χ2v) is 6.15. The Labute approximate surface area is 144 Å². The number of benzene rings is 2. The molecule has 2 aliphatic heterocycles. The standard InChI is InChI=1S/C19H14ClN3O/c1-11-21-10-16-14-8-7-13(20)9-15(14)17(12-5-3-2-4-6-12)23-19(24)18(16)22-11/h2-10,18H,1H3,(H,21,22). The summed E-state index contributed by atoms with van der Waals surface area (Å²) in [6, 6.07) is 14.6. The lowest BCUT2D eigenvalue weighted by Gasteiger charge is -2.19. The molecule has 1 atom stereocenters. The van der Waals surface area contributed by atoms with Crippen molar-refractivity contribution in [3.05, 3.63) is 76.4 Å². The van der Waals surface area contributed by atoms with Crippen molar-refractivity contribution in [1.29, 1.82) is 0 Å². The zero-order valence-electron chi connectivity index (χ0n) is 13.0. The van der Waals surface area contributed by atoms with Gasteiger partial charge in [0.05, 0.1) is 11.5 Å². The molecule has 0 aromatic heterocycles. The van der Waals surface area contributed by atoms with Crippen LogP contribution in [0.3, 0.4) is 0 Å². The van der Waals surface area contributed by atoms with Crippen LogP contribution >= 0.6 is 11.6 Å². The normalized spacial score (nSPS) is 19.2. The SMILES string of the molecule is CC1=NC2C(=O)N=C(c3ccccc3)c3cc(Cl)ccc3C2=CN1. The van der Waals surface area contributed by atoms with Crippen molar-refractivity contribution in [3.8, 4) is 0 Å². The third-order valence-electron chi connectivity index (χ3n) is 4.10. The number of hydrogen-bond acceptors (Lipinski definition) is 3. The Balaban J connectivity index is 2.00. The summed E-state index contributed by atoms with van der Waals surface area (Å²) >= 11 is 6.21. The summed E-state index contributed by atoms with van der Waals surface area (Å²) in [7, 11) is 0. The van der Waals surface area contributed by atoms with Crippen molar-refractivity contribution >= 4 is 34.6 Å². The second kappa shape index (κ2) is 5.73. The molecule has 0 spiro atoms. The largest absolute Gasteiger partial charge is 0.350 e. The van der Waals surface area contributed by atoms with Crippen LogP contribution in [-0.2, 0) is 4.79 Å². The third-order valence-corrected chi connectivity index (χ3v) is 4.34. The average molecular weight is 336 g/mol. The van der Waals surface area contributed by atoms with Gasteiger partial charge in [0.15, 0.2) is 6.04 Å². The minimum absolute atomic E-state index is 0.270. The van der Waals surface area contributed by atoms with Gasteiger partial charge in [-0.3, -0.25) is 9.79 Å². The molecule has 0 saturated heterocycles. The van der Waals surface area contributed by atoms with Gasteiger partial charge in [-0.25, -0.2) is 4.99 Å². The number of hydrogen-bond donors (Lipinski definition) is 1. The molecule has 1 unspecified atom stereocenters. The fourth-order valence-electron chi connectivity index (χ4n) is 2.99. The number of nitrogens with one attached hydrogen (secondary N) is 1. The lowest BCUT2D eigenvalue weighted by Crippen LogP contribution is -2.29. The first-order chi connectivity index (χ1) is 11.6. The number of amidine groups is 1. The van der Waals surface area contributed by atoms with Crippen LogP contribution in [0.25, 0.3) is 5.57 Å². The van der Waals surface area contributed by atoms with Gasteiger partial charge in [-0.05, 0) is 24.6 Å². The highest BCUT2D eigenvalue weighted by atomic mass is 35.5. The summed E-state index contributed by atoms with van der Waals surface area (Å²) in [5.74, 6) is 0.430. The zero-order valence-corrected chi connectivity index (χ0v) is 13.7. The van der Waals surface area contributed by atoms with Gasteiger partial charge in [0.1, 0.15) is 0 Å². The molecule has 0 fully saturated rings. The van der Waals surface area contributed by atoms with E-state index in [0.29, 0.717) is 16.6 Å². The Morgan fingerprint density at radius 2 is 1.88 bits per heavy atom. The number of fused-ring (bicyclic) bond motifs is 3. The van der Waals surface area contributed by atoms with E-state index in [2.05, 4.69) is 15.3 Å². The Hall–Kier alpha value is -2.72. The molecule has 1 N–H and O–H groups in total. The summed E-state index contributed by atoms with van der Waals surface area (Å²) < 4.78 is 0. The Bertz CT molecular complexity index is 929. The van der Waals surface area contributed by atoms with Gasteiger partial charge in [0, 0.05) is 27.9 Å². The number of carbonyl (C=O) groups is 1. The molecular weight excluding hydrogens is 322 g/mol. The van der Waals surface area contributed by atoms with E-state index in [0.717, 1.165) is 22.3 Å². The average Bonchev–Trinajstić information content (AvgIpc) is 2.71. The zero-order chi connectivity index (χ0) is 16.7. The molecule has 0 saturated carbocycles. The molecule has 0 bridgehead atoms. The van der Waals surface area contributed by atoms with Gasteiger partial charge in [0.25, 0.3) is 5.91 Å². The fraction of sp³-hybridized carbons (Fsp3) is 0.105. The number of rotatable bonds is 1. The minimum Gasteiger partial charge on any atom is -0.350 e. The number of nitrogens with zero attached hydrogens (tertiary/aromatic N) is 2. The summed E-state index contributed by atoms with van der Waals surface area (Å²) in [6.45, 7) is 1.83. The predicted molar refractivity (Wildman–Crippen MR) is 96.5 cm³/mol. The monoisotopic (exact) mass is 335 g/mol. The van der Waals surface area contributed by atoms with Crippen LogP contribution in [0.2, 0.25) is 5.02 Å². The molecule has 24 heavy (non-hydrogen) atoms. The van der Waals surface area contributed by atoms with Gasteiger partial charge in [-0.15, -0.1) is 0 Å². The van der Waals surface area contributed by atoms with Crippen molar-refractivity contribution in [3.63, 3.8) is 0 Å². The van der Waals surface area contributed by atoms with Gasteiger partial charge < -0.3 is 5.32 Å². The fourth-order valence-corrected chi connectivity index (χ4v) is 3.16. The van der Waals surface area contributed by atoms with Crippen molar-refractivity contribution in [2.24, 2.45) is 9.98 Å². The maximum Gasteiger partial charge on any atom is 0.275 e. The van der Waals surface area contributed by atoms with E-state index < -0.39 is 6.04 Å². The number of halogens is 1. The molecule has 2 aliphatic rings. The van der Waals surface area contributed by atoms with E-state index in [-0.39, 0.29) is 5.91 Å². The molecule has 1 amide bonds. The molecule has 0 radical (unpaired) electrons. The quantitative estimate of drug-likeness (QED) is 0.867. The first-order valence-corrected chi connectivity index (χ1v) is 8.00. The minimum atomic E-state index is -0.618. The van der Waals surface area contributed by atoms with Crippen LogP contribution in [0.5, 0.6) is 0 Å². The molecular formula is C19H14ClN3O. The van der Waals surface area contributed by atoms with E-state index in [1.807, 2.05) is 61.7 Å². The van der Waals surface area contributed by atoms with E-state index in [9.17, 15) is 4.79 Å². The molecule has 2 heterocycles. The van der Waals surface area contributed by atoms with Crippen LogP contribution in [0.15, 0.2) is 64.7 Å². The first kappa shape index (κ1) is 14.8. The van der Waals surface area contributed by atoms with Crippen LogP contribution < -0.4 is 5.32 Å². The predicted octanol–water partition coefficient (Wildman–Crippen LogP) is 3.45. The van der Waals surface area contributed by atoms with Gasteiger partial charge >= 0.3 is 0 Å². The molecule has 0 aliphatic carbocycles. The maximum absolute atomic E-state index is 12.7. The molecule has 5 heteroatoms. The van der Waals surface area contributed by atoms with Crippen molar-refractivity contribution in [2.45, 2.75) is 13.0 Å². The smallest absolute Gasteiger partial charge is 0.275 e. The molecule has 118 valence electrons. The van der Waals surface area contributed by atoms with Crippen molar-refractivity contribution in [1.82, 2.24) is 5.32 Å². The topological polar surface area (TPSA) is 53.8 Å². The Morgan fingerprint density at radius 3 is 2.67 bits per heavy atom. The lowest BCUT2D eigenvalue weighted by molar-refractivity contribution is -0.117. The number of carbonyl (C=O) groups excluding carboxylic acids is 1. The molecule has 4 nitrogen and oxygen atoms in total. The van der Waals surface area contributed by atoms with E-state index >= 15 is 0 Å². The molecule has 2 aromatic carbocycles. The van der Waals surface area contributed by atoms with Crippen LogP contribution in [0.1, 0.15) is 23.6 Å². The van der Waals surface area contributed by atoms with E-state index in [4.69, 9.17) is 11.6 Å². The highest BCUT2D eigenvalue weighted by Crippen LogP contribution is 2.33. The van der Waals surface area contributed by atoms with Gasteiger partial charge in [0.2, 0.25) is 0 Å². The highest BCUT2D eigenvalue weighted by molar-refractivity contribution is 6.32. The molecule has 2 aromatic rings. The summed E-state index contributed by atoms with van der Waals surface area (Å²) in [5, 5.41) is 3.70. The highest BCUT2D eigenvalue weighted by Gasteiger charge is 2.32. The Kier molecular flexibility index (Phi) is 3.54. The van der Waals surface area contributed by atoms with E-state index in [1.54, 1.807) is 0 Å². The third kappa shape index (κ3) is 2.45. The van der Waals surface area contributed by atoms with Crippen LogP contribution in [-0.4, -0.2) is 23.5 Å². The lowest BCUT2D eigenvalue weighted by atomic mass is 9.91. The molecule has 4 rings (SSSR count). The first-order valence-electron chi connectivity index (χ1n) is 7.63. The summed E-state index contributed by atoms with van der Waals surface area (Å²) in [5.41, 5.74) is 4.07. The maximum atomic E-state index is 12.7.